The topological polar surface area (TPSA) is 17.1 Å². The van der Waals surface area contributed by atoms with Crippen LogP contribution in [0.15, 0.2) is 30.8 Å². The first-order valence-electron chi connectivity index (χ1n) is 3.17. The predicted molar refractivity (Wildman–Crippen MR) is 49.1 cm³/mol. The van der Waals surface area contributed by atoms with E-state index >= 15 is 0 Å². The summed E-state index contributed by atoms with van der Waals surface area (Å²) in [5.41, 5.74) is 0.553. The van der Waals surface area contributed by atoms with Gasteiger partial charge in [-0.05, 0) is 17.7 Å². The maximum atomic E-state index is 12.5. The van der Waals surface area contributed by atoms with Gasteiger partial charge in [0, 0.05) is 5.56 Å². The highest BCUT2D eigenvalue weighted by atomic mass is 35.5. The lowest BCUT2D eigenvalue weighted by Gasteiger charge is -1.91. The first-order valence-corrected chi connectivity index (χ1v) is 3.60. The van der Waals surface area contributed by atoms with Crippen LogP contribution in [0.1, 0.15) is 5.56 Å². The quantitative estimate of drug-likeness (QED) is 0.487. The summed E-state index contributed by atoms with van der Waals surface area (Å²) in [5, 5.41) is 0. The van der Waals surface area contributed by atoms with E-state index in [2.05, 4.69) is 18.2 Å². The standard InChI is InChI=1S/C8H7F.CHClO/c1-2-7-5-3-4-6-8(7)9;2-1-3/h2-6H,1H2;1H. The maximum absolute atomic E-state index is 12.5. The van der Waals surface area contributed by atoms with Crippen LogP contribution in [0.5, 0.6) is 0 Å². The zero-order chi connectivity index (χ0) is 9.40. The van der Waals surface area contributed by atoms with Gasteiger partial charge in [0.2, 0.25) is 5.75 Å². The van der Waals surface area contributed by atoms with Crippen LogP contribution in [-0.2, 0) is 4.79 Å². The van der Waals surface area contributed by atoms with Crippen molar-refractivity contribution in [3.8, 4) is 0 Å². The molecule has 1 aromatic carbocycles. The molecule has 0 aromatic heterocycles. The van der Waals surface area contributed by atoms with Crippen molar-refractivity contribution in [1.29, 1.82) is 0 Å². The minimum Gasteiger partial charge on any atom is -0.285 e. The molecule has 3 heteroatoms. The molecule has 0 aliphatic heterocycles. The van der Waals surface area contributed by atoms with E-state index in [9.17, 15) is 4.39 Å². The third kappa shape index (κ3) is 3.88. The SMILES string of the molecule is C=Cc1ccccc1F.O=CCl. The van der Waals surface area contributed by atoms with E-state index < -0.39 is 0 Å². The molecule has 0 radical (unpaired) electrons. The molecule has 1 nitrogen and oxygen atoms in total. The van der Waals surface area contributed by atoms with Crippen molar-refractivity contribution in [3.63, 3.8) is 0 Å². The molecule has 0 fully saturated rings. The molecule has 1 aromatic rings. The van der Waals surface area contributed by atoms with E-state index in [-0.39, 0.29) is 11.6 Å². The van der Waals surface area contributed by atoms with E-state index in [1.165, 1.54) is 12.1 Å². The summed E-state index contributed by atoms with van der Waals surface area (Å²) < 4.78 is 12.5. The third-order valence-electron chi connectivity index (χ3n) is 1.13. The number of hydrogen-bond donors (Lipinski definition) is 0. The summed E-state index contributed by atoms with van der Waals surface area (Å²) >= 11 is 4.32. The highest BCUT2D eigenvalue weighted by molar-refractivity contribution is 6.54. The van der Waals surface area contributed by atoms with Crippen LogP contribution in [0.3, 0.4) is 0 Å². The number of halogens is 2. The van der Waals surface area contributed by atoms with E-state index in [4.69, 9.17) is 4.79 Å². The van der Waals surface area contributed by atoms with E-state index in [0.717, 1.165) is 0 Å². The van der Waals surface area contributed by atoms with Gasteiger partial charge in [0.15, 0.2) is 0 Å². The Labute approximate surface area is 75.5 Å². The Kier molecular flexibility index (Phi) is 5.93. The van der Waals surface area contributed by atoms with Gasteiger partial charge in [0.25, 0.3) is 0 Å². The fraction of sp³-hybridized carbons (Fsp3) is 0. The average molecular weight is 187 g/mol. The third-order valence-corrected chi connectivity index (χ3v) is 1.13. The largest absolute Gasteiger partial charge is 0.285 e. The van der Waals surface area contributed by atoms with Crippen LogP contribution >= 0.6 is 11.6 Å². The van der Waals surface area contributed by atoms with Crippen molar-refractivity contribution in [3.05, 3.63) is 42.2 Å². The molecule has 0 unspecified atom stereocenters. The number of hydrogen-bond acceptors (Lipinski definition) is 1. The lowest BCUT2D eigenvalue weighted by atomic mass is 10.2. The molecular weight excluding hydrogens is 179 g/mol. The molecule has 0 aliphatic carbocycles. The first kappa shape index (κ1) is 10.8. The van der Waals surface area contributed by atoms with Crippen molar-refractivity contribution >= 4 is 23.4 Å². The monoisotopic (exact) mass is 186 g/mol. The van der Waals surface area contributed by atoms with Gasteiger partial charge in [-0.1, -0.05) is 30.9 Å². The molecule has 0 heterocycles. The average Bonchev–Trinajstić information content (AvgIpc) is 2.07. The highest BCUT2D eigenvalue weighted by Crippen LogP contribution is 2.05. The fourth-order valence-electron chi connectivity index (χ4n) is 0.641. The molecule has 0 atom stereocenters. The molecule has 0 spiro atoms. The van der Waals surface area contributed by atoms with Crippen LogP contribution in [-0.4, -0.2) is 5.75 Å². The number of benzene rings is 1. The second kappa shape index (κ2) is 6.55. The number of rotatable bonds is 1. The first-order chi connectivity index (χ1) is 5.76. The normalized spacial score (nSPS) is 7.83. The van der Waals surface area contributed by atoms with Gasteiger partial charge in [0.1, 0.15) is 5.82 Å². The second-order valence-electron chi connectivity index (χ2n) is 1.81. The minimum atomic E-state index is -0.215. The van der Waals surface area contributed by atoms with E-state index in [1.54, 1.807) is 18.2 Å². The summed E-state index contributed by atoms with van der Waals surface area (Å²) in [6.07, 6.45) is 1.50. The van der Waals surface area contributed by atoms with Crippen molar-refractivity contribution in [1.82, 2.24) is 0 Å². The maximum Gasteiger partial charge on any atom is 0.208 e. The van der Waals surface area contributed by atoms with Crippen molar-refractivity contribution in [2.24, 2.45) is 0 Å². The van der Waals surface area contributed by atoms with Crippen LogP contribution in [0, 0.1) is 5.82 Å². The fourth-order valence-corrected chi connectivity index (χ4v) is 0.641. The van der Waals surface area contributed by atoms with Crippen molar-refractivity contribution in [2.45, 2.75) is 0 Å². The Morgan fingerprint density at radius 2 is 1.92 bits per heavy atom. The van der Waals surface area contributed by atoms with Crippen molar-refractivity contribution < 1.29 is 9.18 Å². The lowest BCUT2D eigenvalue weighted by molar-refractivity contribution is 0.569. The van der Waals surface area contributed by atoms with E-state index in [0.29, 0.717) is 5.56 Å². The van der Waals surface area contributed by atoms with E-state index in [1.807, 2.05) is 0 Å². The molecule has 0 N–H and O–H groups in total. The zero-order valence-electron chi connectivity index (χ0n) is 6.34. The van der Waals surface area contributed by atoms with Gasteiger partial charge in [-0.15, -0.1) is 0 Å². The Morgan fingerprint density at radius 3 is 2.25 bits per heavy atom. The predicted octanol–water partition coefficient (Wildman–Crippen LogP) is 2.88. The summed E-state index contributed by atoms with van der Waals surface area (Å²) in [7, 11) is 0. The summed E-state index contributed by atoms with van der Waals surface area (Å²) in [6.45, 7) is 3.45. The Hall–Kier alpha value is -1.15. The van der Waals surface area contributed by atoms with Gasteiger partial charge < -0.3 is 0 Å². The van der Waals surface area contributed by atoms with Gasteiger partial charge in [-0.25, -0.2) is 4.39 Å². The van der Waals surface area contributed by atoms with Gasteiger partial charge in [0.05, 0.1) is 0 Å². The Balaban J connectivity index is 0.000000354. The molecule has 0 aliphatic rings. The van der Waals surface area contributed by atoms with Crippen LogP contribution in [0.4, 0.5) is 4.39 Å². The van der Waals surface area contributed by atoms with Crippen LogP contribution in [0.2, 0.25) is 0 Å². The summed E-state index contributed by atoms with van der Waals surface area (Å²) in [5.74, 6) is 0.00694. The van der Waals surface area contributed by atoms with Gasteiger partial charge >= 0.3 is 0 Å². The smallest absolute Gasteiger partial charge is 0.208 e. The lowest BCUT2D eigenvalue weighted by Crippen LogP contribution is -1.76. The summed E-state index contributed by atoms with van der Waals surface area (Å²) in [6, 6.07) is 6.53. The number of carbonyl (C=O) groups excluding carboxylic acids is 1. The minimum absolute atomic E-state index is 0.215. The van der Waals surface area contributed by atoms with Gasteiger partial charge in [-0.2, -0.15) is 0 Å². The van der Waals surface area contributed by atoms with Crippen LogP contribution in [0.25, 0.3) is 6.08 Å². The molecule has 0 amide bonds. The van der Waals surface area contributed by atoms with Crippen LogP contribution < -0.4 is 0 Å². The number of carbonyl (C=O) groups is 1. The second-order valence-corrected chi connectivity index (χ2v) is 1.99. The molecule has 0 saturated heterocycles. The highest BCUT2D eigenvalue weighted by Gasteiger charge is 1.91. The molecule has 0 bridgehead atoms. The van der Waals surface area contributed by atoms with Gasteiger partial charge in [-0.3, -0.25) is 4.79 Å². The summed E-state index contributed by atoms with van der Waals surface area (Å²) in [4.78, 5) is 8.57. The zero-order valence-corrected chi connectivity index (χ0v) is 7.09. The molecule has 12 heavy (non-hydrogen) atoms. The molecule has 0 saturated carbocycles. The Bertz CT molecular complexity index is 260. The Morgan fingerprint density at radius 1 is 1.42 bits per heavy atom. The van der Waals surface area contributed by atoms with Crippen molar-refractivity contribution in [2.75, 3.05) is 0 Å². The molecule has 64 valence electrons. The molecule has 1 rings (SSSR count). The molecular formula is C9H8ClFO.